The minimum absolute atomic E-state index is 0.145. The van der Waals surface area contributed by atoms with Gasteiger partial charge in [-0.2, -0.15) is 0 Å². The van der Waals surface area contributed by atoms with Crippen molar-refractivity contribution in [2.24, 2.45) is 0 Å². The molecule has 0 radical (unpaired) electrons. The van der Waals surface area contributed by atoms with Gasteiger partial charge in [0.25, 0.3) is 0 Å². The summed E-state index contributed by atoms with van der Waals surface area (Å²) in [6.07, 6.45) is 7.28. The van der Waals surface area contributed by atoms with Gasteiger partial charge in [0.05, 0.1) is 6.20 Å². The van der Waals surface area contributed by atoms with Crippen molar-refractivity contribution in [3.05, 3.63) is 12.0 Å². The van der Waals surface area contributed by atoms with E-state index in [0.29, 0.717) is 12.5 Å². The molecule has 1 fully saturated rings. The SMILES string of the molecule is Cc1ncc2c(n1)N(C1CCCC1)C(C)CC(=O)N2C. The molecule has 0 aromatic carbocycles. The fourth-order valence-corrected chi connectivity index (χ4v) is 3.42. The zero-order valence-electron chi connectivity index (χ0n) is 12.5. The topological polar surface area (TPSA) is 49.3 Å². The summed E-state index contributed by atoms with van der Waals surface area (Å²) >= 11 is 0. The summed E-state index contributed by atoms with van der Waals surface area (Å²) in [5, 5.41) is 0. The normalized spacial score (nSPS) is 23.9. The molecule has 1 unspecified atom stereocenters. The number of anilines is 2. The average molecular weight is 274 g/mol. The standard InChI is InChI=1S/C15H22N4O/c1-10-8-14(20)18(3)13-9-16-11(2)17-15(13)19(10)12-6-4-5-7-12/h9-10,12H,4-8H2,1-3H3. The minimum Gasteiger partial charge on any atom is -0.349 e. The zero-order chi connectivity index (χ0) is 14.3. The highest BCUT2D eigenvalue weighted by molar-refractivity contribution is 5.97. The van der Waals surface area contributed by atoms with E-state index >= 15 is 0 Å². The molecule has 5 heteroatoms. The van der Waals surface area contributed by atoms with Crippen molar-refractivity contribution < 1.29 is 4.79 Å². The summed E-state index contributed by atoms with van der Waals surface area (Å²) in [5.41, 5.74) is 0.844. The fourth-order valence-electron chi connectivity index (χ4n) is 3.42. The molecule has 2 aliphatic rings. The lowest BCUT2D eigenvalue weighted by Crippen LogP contribution is -2.41. The lowest BCUT2D eigenvalue weighted by molar-refractivity contribution is -0.118. The van der Waals surface area contributed by atoms with Gasteiger partial charge in [0, 0.05) is 25.6 Å². The van der Waals surface area contributed by atoms with Gasteiger partial charge in [0.1, 0.15) is 11.5 Å². The first-order chi connectivity index (χ1) is 9.58. The van der Waals surface area contributed by atoms with Crippen LogP contribution < -0.4 is 9.80 Å². The highest BCUT2D eigenvalue weighted by Crippen LogP contribution is 2.37. The summed E-state index contributed by atoms with van der Waals surface area (Å²) in [7, 11) is 1.82. The predicted octanol–water partition coefficient (Wildman–Crippen LogP) is 2.29. The van der Waals surface area contributed by atoms with Gasteiger partial charge in [0.15, 0.2) is 5.82 Å². The molecule has 1 aromatic heterocycles. The number of hydrogen-bond acceptors (Lipinski definition) is 4. The molecule has 0 saturated heterocycles. The van der Waals surface area contributed by atoms with Gasteiger partial charge in [-0.1, -0.05) is 12.8 Å². The van der Waals surface area contributed by atoms with Crippen LogP contribution in [0.2, 0.25) is 0 Å². The van der Waals surface area contributed by atoms with Crippen LogP contribution in [0.3, 0.4) is 0 Å². The Morgan fingerprint density at radius 2 is 2.00 bits per heavy atom. The first-order valence-electron chi connectivity index (χ1n) is 7.46. The number of nitrogens with zero attached hydrogens (tertiary/aromatic N) is 4. The Morgan fingerprint density at radius 3 is 2.70 bits per heavy atom. The number of carbonyl (C=O) groups excluding carboxylic acids is 1. The summed E-state index contributed by atoms with van der Waals surface area (Å²) in [6, 6.07) is 0.709. The van der Waals surface area contributed by atoms with Gasteiger partial charge < -0.3 is 9.80 Å². The van der Waals surface area contributed by atoms with Crippen LogP contribution in [0.5, 0.6) is 0 Å². The quantitative estimate of drug-likeness (QED) is 0.788. The Kier molecular flexibility index (Phi) is 3.36. The number of amides is 1. The number of aryl methyl sites for hydroxylation is 1. The van der Waals surface area contributed by atoms with E-state index in [-0.39, 0.29) is 11.9 Å². The molecule has 5 nitrogen and oxygen atoms in total. The van der Waals surface area contributed by atoms with Crippen LogP contribution in [0.15, 0.2) is 6.20 Å². The molecule has 1 aliphatic carbocycles. The van der Waals surface area contributed by atoms with Crippen LogP contribution in [0, 0.1) is 6.92 Å². The van der Waals surface area contributed by atoms with Gasteiger partial charge in [-0.15, -0.1) is 0 Å². The number of fused-ring (bicyclic) bond motifs is 1. The van der Waals surface area contributed by atoms with Crippen molar-refractivity contribution in [3.63, 3.8) is 0 Å². The third-order valence-corrected chi connectivity index (χ3v) is 4.51. The lowest BCUT2D eigenvalue weighted by atomic mass is 10.1. The van der Waals surface area contributed by atoms with Crippen molar-refractivity contribution >= 4 is 17.4 Å². The Hall–Kier alpha value is -1.65. The maximum absolute atomic E-state index is 12.3. The smallest absolute Gasteiger partial charge is 0.228 e. The molecule has 1 amide bonds. The minimum atomic E-state index is 0.145. The molecule has 0 spiro atoms. The van der Waals surface area contributed by atoms with Crippen LogP contribution in [0.4, 0.5) is 11.5 Å². The molecule has 0 bridgehead atoms. The van der Waals surface area contributed by atoms with E-state index in [1.165, 1.54) is 25.7 Å². The molecule has 108 valence electrons. The second kappa shape index (κ2) is 5.04. The predicted molar refractivity (Wildman–Crippen MR) is 79.0 cm³/mol. The Balaban J connectivity index is 2.10. The number of hydrogen-bond donors (Lipinski definition) is 0. The van der Waals surface area contributed by atoms with E-state index in [2.05, 4.69) is 21.8 Å². The zero-order valence-corrected chi connectivity index (χ0v) is 12.5. The Bertz CT molecular complexity index is 525. The summed E-state index contributed by atoms with van der Waals surface area (Å²) < 4.78 is 0. The van der Waals surface area contributed by atoms with E-state index < -0.39 is 0 Å². The highest BCUT2D eigenvalue weighted by Gasteiger charge is 2.35. The monoisotopic (exact) mass is 274 g/mol. The Morgan fingerprint density at radius 1 is 1.30 bits per heavy atom. The van der Waals surface area contributed by atoms with Crippen LogP contribution in [0.25, 0.3) is 0 Å². The number of aromatic nitrogens is 2. The van der Waals surface area contributed by atoms with E-state index in [1.807, 2.05) is 14.0 Å². The molecule has 20 heavy (non-hydrogen) atoms. The highest BCUT2D eigenvalue weighted by atomic mass is 16.2. The Labute approximate surface area is 120 Å². The van der Waals surface area contributed by atoms with Gasteiger partial charge in [0.2, 0.25) is 5.91 Å². The van der Waals surface area contributed by atoms with Crippen molar-refractivity contribution in [2.75, 3.05) is 16.8 Å². The van der Waals surface area contributed by atoms with Gasteiger partial charge >= 0.3 is 0 Å². The van der Waals surface area contributed by atoms with Crippen molar-refractivity contribution in [1.29, 1.82) is 0 Å². The van der Waals surface area contributed by atoms with Crippen LogP contribution in [0.1, 0.15) is 44.9 Å². The second-order valence-electron chi connectivity index (χ2n) is 5.98. The number of rotatable bonds is 1. The van der Waals surface area contributed by atoms with Crippen LogP contribution >= 0.6 is 0 Å². The van der Waals surface area contributed by atoms with Gasteiger partial charge in [-0.25, -0.2) is 9.97 Å². The molecule has 1 aromatic rings. The number of carbonyl (C=O) groups is 1. The third-order valence-electron chi connectivity index (χ3n) is 4.51. The molecule has 1 atom stereocenters. The van der Waals surface area contributed by atoms with E-state index in [4.69, 9.17) is 0 Å². The summed E-state index contributed by atoms with van der Waals surface area (Å²) in [6.45, 7) is 4.04. The largest absolute Gasteiger partial charge is 0.349 e. The third kappa shape index (κ3) is 2.15. The molecule has 1 aliphatic heterocycles. The molecular formula is C15H22N4O. The van der Waals surface area contributed by atoms with Gasteiger partial charge in [-0.3, -0.25) is 4.79 Å². The lowest BCUT2D eigenvalue weighted by Gasteiger charge is -2.34. The van der Waals surface area contributed by atoms with Gasteiger partial charge in [-0.05, 0) is 26.7 Å². The molecular weight excluding hydrogens is 252 g/mol. The molecule has 1 saturated carbocycles. The van der Waals surface area contributed by atoms with Crippen LogP contribution in [-0.4, -0.2) is 35.0 Å². The van der Waals surface area contributed by atoms with Crippen molar-refractivity contribution in [3.8, 4) is 0 Å². The first-order valence-corrected chi connectivity index (χ1v) is 7.46. The van der Waals surface area contributed by atoms with E-state index in [0.717, 1.165) is 17.3 Å². The molecule has 0 N–H and O–H groups in total. The van der Waals surface area contributed by atoms with E-state index in [9.17, 15) is 4.79 Å². The fraction of sp³-hybridized carbons (Fsp3) is 0.667. The van der Waals surface area contributed by atoms with Crippen LogP contribution in [-0.2, 0) is 4.79 Å². The second-order valence-corrected chi connectivity index (χ2v) is 5.98. The first kappa shape index (κ1) is 13.3. The van der Waals surface area contributed by atoms with E-state index in [1.54, 1.807) is 11.1 Å². The molecule has 2 heterocycles. The summed E-state index contributed by atoms with van der Waals surface area (Å²) in [4.78, 5) is 25.3. The van der Waals surface area contributed by atoms with Crippen molar-refractivity contribution in [2.45, 2.75) is 58.0 Å². The summed E-state index contributed by atoms with van der Waals surface area (Å²) in [5.74, 6) is 1.85. The molecule has 3 rings (SSSR count). The maximum atomic E-state index is 12.3. The maximum Gasteiger partial charge on any atom is 0.228 e. The van der Waals surface area contributed by atoms with Crippen molar-refractivity contribution in [1.82, 2.24) is 9.97 Å². The average Bonchev–Trinajstić information content (AvgIpc) is 2.89.